The highest BCUT2D eigenvalue weighted by atomic mass is 35.5. The molecule has 0 aliphatic carbocycles. The van der Waals surface area contributed by atoms with Crippen molar-refractivity contribution in [1.29, 1.82) is 0 Å². The zero-order valence-electron chi connectivity index (χ0n) is 4.31. The summed E-state index contributed by atoms with van der Waals surface area (Å²) in [6.07, 6.45) is 4.74. The molecule has 8 heavy (non-hydrogen) atoms. The van der Waals surface area contributed by atoms with Crippen LogP contribution in [0.5, 0.6) is 0 Å². The second-order valence-electron chi connectivity index (χ2n) is 1.45. The van der Waals surface area contributed by atoms with Crippen molar-refractivity contribution >= 4 is 17.6 Å². The number of rotatable bonds is 1. The van der Waals surface area contributed by atoms with Crippen LogP contribution < -0.4 is 0 Å². The maximum Gasteiger partial charge on any atom is 0.336 e. The Labute approximate surface area is 52.5 Å². The average molecular weight is 133 g/mol. The summed E-state index contributed by atoms with van der Waals surface area (Å²) in [7, 11) is 0. The van der Waals surface area contributed by atoms with Crippen molar-refractivity contribution in [2.45, 2.75) is 11.8 Å². The van der Waals surface area contributed by atoms with Crippen LogP contribution >= 0.6 is 11.6 Å². The summed E-state index contributed by atoms with van der Waals surface area (Å²) in [6, 6.07) is 0. The molecule has 0 aliphatic rings. The molecular weight excluding hydrogens is 128 g/mol. The lowest BCUT2D eigenvalue weighted by atomic mass is 10.2. The van der Waals surface area contributed by atoms with Gasteiger partial charge in [-0.25, -0.2) is 4.79 Å². The summed E-state index contributed by atoms with van der Waals surface area (Å²) in [5.41, 5.74) is 0. The first-order valence-electron chi connectivity index (χ1n) is 1.91. The molecule has 0 aliphatic heterocycles. The van der Waals surface area contributed by atoms with Gasteiger partial charge in [-0.3, -0.25) is 0 Å². The molecule has 0 saturated heterocycles. The third-order valence-electron chi connectivity index (χ3n) is 0.673. The summed E-state index contributed by atoms with van der Waals surface area (Å²) in [5, 5.41) is 8.17. The molecule has 0 aromatic heterocycles. The van der Waals surface area contributed by atoms with Gasteiger partial charge in [0.05, 0.1) is 0 Å². The van der Waals surface area contributed by atoms with Crippen LogP contribution in [0.2, 0.25) is 0 Å². The number of carbonyl (C=O) groups is 1. The van der Waals surface area contributed by atoms with Crippen LogP contribution in [-0.2, 0) is 4.79 Å². The van der Waals surface area contributed by atoms with E-state index in [1.165, 1.54) is 6.92 Å². The average Bonchev–Trinajstić information content (AvgIpc) is 1.67. The summed E-state index contributed by atoms with van der Waals surface area (Å²) in [6.45, 7) is 1.25. The monoisotopic (exact) mass is 132 g/mol. The quantitative estimate of drug-likeness (QED) is 0.421. The molecule has 44 valence electrons. The van der Waals surface area contributed by atoms with Crippen molar-refractivity contribution in [2.75, 3.05) is 0 Å². The Morgan fingerprint density at radius 2 is 2.38 bits per heavy atom. The number of carboxylic acid groups (broad SMARTS) is 1. The fourth-order valence-electron chi connectivity index (χ4n) is 0.0617. The molecule has 0 aromatic rings. The third kappa shape index (κ3) is 1.43. The largest absolute Gasteiger partial charge is 0.479 e. The highest BCUT2D eigenvalue weighted by Gasteiger charge is 2.26. The summed E-state index contributed by atoms with van der Waals surface area (Å²) >= 11 is 5.22. The fraction of sp³-hybridized carbons (Fsp3) is 0.400. The van der Waals surface area contributed by atoms with Gasteiger partial charge in [0.2, 0.25) is 0 Å². The lowest BCUT2D eigenvalue weighted by Gasteiger charge is -2.04. The van der Waals surface area contributed by atoms with E-state index >= 15 is 0 Å². The number of hydrogen-bond donors (Lipinski definition) is 1. The number of halogens is 1. The lowest BCUT2D eigenvalue weighted by Crippen LogP contribution is -2.25. The molecule has 0 bridgehead atoms. The van der Waals surface area contributed by atoms with Crippen molar-refractivity contribution < 1.29 is 9.90 Å². The van der Waals surface area contributed by atoms with Gasteiger partial charge in [-0.1, -0.05) is 17.5 Å². The highest BCUT2D eigenvalue weighted by Crippen LogP contribution is 2.11. The topological polar surface area (TPSA) is 37.3 Å². The Morgan fingerprint density at radius 3 is 2.38 bits per heavy atom. The molecule has 3 heteroatoms. The first-order chi connectivity index (χ1) is 3.50. The highest BCUT2D eigenvalue weighted by molar-refractivity contribution is 6.35. The fourth-order valence-corrected chi connectivity index (χ4v) is 0.0617. The third-order valence-corrected chi connectivity index (χ3v) is 0.943. The molecule has 0 spiro atoms. The van der Waals surface area contributed by atoms with E-state index in [1.807, 2.05) is 5.92 Å². The van der Waals surface area contributed by atoms with E-state index in [9.17, 15) is 4.79 Å². The van der Waals surface area contributed by atoms with E-state index in [-0.39, 0.29) is 0 Å². The van der Waals surface area contributed by atoms with Crippen LogP contribution in [0.15, 0.2) is 0 Å². The Hall–Kier alpha value is -0.680. The maximum absolute atomic E-state index is 9.98. The Balaban J connectivity index is 4.19. The lowest BCUT2D eigenvalue weighted by molar-refractivity contribution is -0.138. The van der Waals surface area contributed by atoms with Gasteiger partial charge in [0.1, 0.15) is 0 Å². The molecule has 0 radical (unpaired) electrons. The second kappa shape index (κ2) is 2.06. The predicted octanol–water partition coefficient (Wildman–Crippen LogP) is 0.702. The summed E-state index contributed by atoms with van der Waals surface area (Å²) in [4.78, 5) is 8.44. The molecule has 1 N–H and O–H groups in total. The van der Waals surface area contributed by atoms with Gasteiger partial charge in [0.25, 0.3) is 0 Å². The molecule has 0 fully saturated rings. The summed E-state index contributed by atoms with van der Waals surface area (Å²) < 4.78 is 0. The molecule has 0 saturated carbocycles. The van der Waals surface area contributed by atoms with Crippen molar-refractivity contribution in [1.82, 2.24) is 0 Å². The first-order valence-corrected chi connectivity index (χ1v) is 2.28. The van der Waals surface area contributed by atoms with Gasteiger partial charge < -0.3 is 5.11 Å². The van der Waals surface area contributed by atoms with Gasteiger partial charge in [0.15, 0.2) is 4.87 Å². The standard InChI is InChI=1S/C5H5ClO2/c1-3-5(2,6)4(7)8/h1H,2H3,(H,7,8). The van der Waals surface area contributed by atoms with E-state index in [4.69, 9.17) is 23.1 Å². The molecule has 0 heterocycles. The van der Waals surface area contributed by atoms with Crippen molar-refractivity contribution in [2.24, 2.45) is 0 Å². The normalized spacial score (nSPS) is 16.1. The van der Waals surface area contributed by atoms with Crippen molar-refractivity contribution in [3.05, 3.63) is 0 Å². The van der Waals surface area contributed by atoms with Gasteiger partial charge in [0, 0.05) is 0 Å². The molecule has 0 rings (SSSR count). The van der Waals surface area contributed by atoms with Gasteiger partial charge >= 0.3 is 5.97 Å². The number of hydrogen-bond acceptors (Lipinski definition) is 1. The first kappa shape index (κ1) is 7.32. The van der Waals surface area contributed by atoms with Gasteiger partial charge in [-0.15, -0.1) is 6.42 Å². The minimum absolute atomic E-state index is 1.19. The molecule has 2 nitrogen and oxygen atoms in total. The van der Waals surface area contributed by atoms with Gasteiger partial charge in [-0.2, -0.15) is 0 Å². The smallest absolute Gasteiger partial charge is 0.336 e. The van der Waals surface area contributed by atoms with Crippen LogP contribution in [0.1, 0.15) is 6.92 Å². The Morgan fingerprint density at radius 1 is 2.00 bits per heavy atom. The van der Waals surface area contributed by atoms with E-state index in [0.29, 0.717) is 0 Å². The maximum atomic E-state index is 9.98. The van der Waals surface area contributed by atoms with E-state index in [1.54, 1.807) is 0 Å². The number of carboxylic acids is 1. The minimum Gasteiger partial charge on any atom is -0.479 e. The number of alkyl halides is 1. The predicted molar refractivity (Wildman–Crippen MR) is 30.7 cm³/mol. The molecule has 0 aromatic carbocycles. The van der Waals surface area contributed by atoms with Crippen molar-refractivity contribution in [3.63, 3.8) is 0 Å². The Kier molecular flexibility index (Phi) is 1.88. The van der Waals surface area contributed by atoms with E-state index < -0.39 is 10.8 Å². The van der Waals surface area contributed by atoms with Gasteiger partial charge in [-0.05, 0) is 6.92 Å². The van der Waals surface area contributed by atoms with Crippen LogP contribution in [0.4, 0.5) is 0 Å². The van der Waals surface area contributed by atoms with Crippen LogP contribution in [0.25, 0.3) is 0 Å². The zero-order chi connectivity index (χ0) is 6.78. The molecule has 1 unspecified atom stereocenters. The SMILES string of the molecule is C#CC(C)(Cl)C(=O)O. The number of terminal acetylenes is 1. The number of aliphatic carboxylic acids is 1. The molecular formula is C5H5ClO2. The van der Waals surface area contributed by atoms with Crippen LogP contribution in [-0.4, -0.2) is 16.0 Å². The Bertz CT molecular complexity index is 143. The minimum atomic E-state index is -1.54. The second-order valence-corrected chi connectivity index (χ2v) is 2.21. The van der Waals surface area contributed by atoms with E-state index in [2.05, 4.69) is 0 Å². The molecule has 0 amide bonds. The van der Waals surface area contributed by atoms with Crippen LogP contribution in [0.3, 0.4) is 0 Å². The van der Waals surface area contributed by atoms with Crippen molar-refractivity contribution in [3.8, 4) is 12.3 Å². The molecule has 1 atom stereocenters. The zero-order valence-corrected chi connectivity index (χ0v) is 5.07. The van der Waals surface area contributed by atoms with E-state index in [0.717, 1.165) is 0 Å². The summed E-state index contributed by atoms with van der Waals surface area (Å²) in [5.74, 6) is 0.714. The van der Waals surface area contributed by atoms with Crippen LogP contribution in [0, 0.1) is 12.3 Å².